The van der Waals surface area contributed by atoms with Crippen LogP contribution in [-0.2, 0) is 0 Å². The number of rotatable bonds is 4. The minimum Gasteiger partial charge on any atom is -0.456 e. The van der Waals surface area contributed by atoms with Crippen molar-refractivity contribution in [2.24, 2.45) is 0 Å². The molecule has 4 aromatic heterocycles. The zero-order chi connectivity index (χ0) is 34.2. The molecule has 0 spiro atoms. The van der Waals surface area contributed by atoms with Gasteiger partial charge in [0, 0.05) is 50.0 Å². The number of pyridine rings is 1. The maximum absolute atomic E-state index is 6.80. The van der Waals surface area contributed by atoms with Crippen LogP contribution >= 0.6 is 0 Å². The lowest BCUT2D eigenvalue weighted by molar-refractivity contribution is 0.668. The summed E-state index contributed by atoms with van der Waals surface area (Å²) in [6.45, 7) is 0. The number of aromatic nitrogens is 4. The van der Waals surface area contributed by atoms with E-state index in [0.717, 1.165) is 82.4 Å². The zero-order valence-electron chi connectivity index (χ0n) is 27.6. The molecular weight excluding hydrogens is 641 g/mol. The SMILES string of the molecule is c1ccc(-c2nc(-c3cccc4oc5ccccc5c34)nc(-c3cnc(-c4ccc5ccccc5c4)c4oc5cc6ccccc6cc5c34)n2)cc1. The summed E-state index contributed by atoms with van der Waals surface area (Å²) in [7, 11) is 0. The van der Waals surface area contributed by atoms with Crippen molar-refractivity contribution in [1.29, 1.82) is 0 Å². The van der Waals surface area contributed by atoms with Gasteiger partial charge in [0.05, 0.1) is 0 Å². The predicted octanol–water partition coefficient (Wildman–Crippen LogP) is 12.0. The molecule has 0 aliphatic carbocycles. The fraction of sp³-hybridized carbons (Fsp3) is 0. The maximum atomic E-state index is 6.80. The average molecular weight is 667 g/mol. The van der Waals surface area contributed by atoms with Crippen LogP contribution in [0.2, 0.25) is 0 Å². The molecule has 11 aromatic rings. The molecule has 0 unspecified atom stereocenters. The Morgan fingerprint density at radius 1 is 0.385 bits per heavy atom. The largest absolute Gasteiger partial charge is 0.456 e. The molecule has 6 nitrogen and oxygen atoms in total. The standard InChI is InChI=1S/C46H26N4O2/c1-2-12-28(13-3-1)44-48-45(34-18-10-20-38-40(34)33-17-8-9-19-37(33)51-38)50-46(49-44)36-26-47-42(32-22-21-27-11-4-5-14-29(27)23-32)43-41(36)35-24-30-15-6-7-16-31(30)25-39(35)52-43/h1-26H. The van der Waals surface area contributed by atoms with Crippen molar-refractivity contribution >= 4 is 65.4 Å². The molecule has 7 aromatic carbocycles. The number of hydrogen-bond acceptors (Lipinski definition) is 6. The van der Waals surface area contributed by atoms with Gasteiger partial charge in [-0.05, 0) is 51.9 Å². The van der Waals surface area contributed by atoms with Crippen molar-refractivity contribution in [3.05, 3.63) is 158 Å². The topological polar surface area (TPSA) is 77.8 Å². The van der Waals surface area contributed by atoms with Gasteiger partial charge in [-0.15, -0.1) is 0 Å². The lowest BCUT2D eigenvalue weighted by atomic mass is 10.00. The molecule has 0 bridgehead atoms. The molecule has 0 saturated heterocycles. The van der Waals surface area contributed by atoms with Gasteiger partial charge in [0.15, 0.2) is 23.1 Å². The predicted molar refractivity (Wildman–Crippen MR) is 209 cm³/mol. The van der Waals surface area contributed by atoms with E-state index in [1.807, 2.05) is 79.0 Å². The Morgan fingerprint density at radius 2 is 1.06 bits per heavy atom. The van der Waals surface area contributed by atoms with Crippen LogP contribution in [0.5, 0.6) is 0 Å². The van der Waals surface area contributed by atoms with Crippen molar-refractivity contribution in [3.63, 3.8) is 0 Å². The molecule has 242 valence electrons. The van der Waals surface area contributed by atoms with E-state index in [9.17, 15) is 0 Å². The third kappa shape index (κ3) is 4.44. The van der Waals surface area contributed by atoms with Gasteiger partial charge in [-0.25, -0.2) is 15.0 Å². The van der Waals surface area contributed by atoms with Crippen molar-refractivity contribution < 1.29 is 8.83 Å². The lowest BCUT2D eigenvalue weighted by Crippen LogP contribution is -2.01. The van der Waals surface area contributed by atoms with Gasteiger partial charge in [-0.2, -0.15) is 0 Å². The van der Waals surface area contributed by atoms with Gasteiger partial charge in [-0.3, -0.25) is 4.98 Å². The number of nitrogens with zero attached hydrogens (tertiary/aromatic N) is 4. The third-order valence-corrected chi connectivity index (χ3v) is 9.94. The molecule has 0 atom stereocenters. The van der Waals surface area contributed by atoms with Gasteiger partial charge >= 0.3 is 0 Å². The van der Waals surface area contributed by atoms with E-state index in [1.54, 1.807) is 0 Å². The Hall–Kier alpha value is -7.18. The molecule has 0 N–H and O–H groups in total. The Bertz CT molecular complexity index is 3200. The Morgan fingerprint density at radius 3 is 1.90 bits per heavy atom. The molecule has 0 amide bonds. The molecule has 52 heavy (non-hydrogen) atoms. The molecular formula is C46H26N4O2. The minimum absolute atomic E-state index is 0.507. The Kier molecular flexibility index (Phi) is 6.15. The molecule has 11 rings (SSSR count). The monoisotopic (exact) mass is 666 g/mol. The summed E-state index contributed by atoms with van der Waals surface area (Å²) < 4.78 is 13.1. The highest BCUT2D eigenvalue weighted by molar-refractivity contribution is 6.18. The smallest absolute Gasteiger partial charge is 0.166 e. The highest BCUT2D eigenvalue weighted by atomic mass is 16.3. The minimum atomic E-state index is 0.507. The van der Waals surface area contributed by atoms with E-state index in [0.29, 0.717) is 23.1 Å². The average Bonchev–Trinajstić information content (AvgIpc) is 3.78. The third-order valence-electron chi connectivity index (χ3n) is 9.94. The summed E-state index contributed by atoms with van der Waals surface area (Å²) in [6.07, 6.45) is 1.89. The molecule has 6 heteroatoms. The molecule has 0 aliphatic heterocycles. The normalized spacial score (nSPS) is 11.8. The van der Waals surface area contributed by atoms with Gasteiger partial charge in [-0.1, -0.05) is 121 Å². The number of benzene rings is 7. The van der Waals surface area contributed by atoms with Crippen LogP contribution in [0.1, 0.15) is 0 Å². The van der Waals surface area contributed by atoms with Crippen LogP contribution in [0.15, 0.2) is 167 Å². The number of furan rings is 2. The Labute approximate surface area is 296 Å². The summed E-state index contributed by atoms with van der Waals surface area (Å²) in [6, 6.07) is 51.5. The van der Waals surface area contributed by atoms with Crippen LogP contribution in [0.25, 0.3) is 111 Å². The fourth-order valence-electron chi connectivity index (χ4n) is 7.47. The van der Waals surface area contributed by atoms with Crippen molar-refractivity contribution in [3.8, 4) is 45.4 Å². The van der Waals surface area contributed by atoms with Crippen LogP contribution < -0.4 is 0 Å². The van der Waals surface area contributed by atoms with Gasteiger partial charge in [0.1, 0.15) is 22.4 Å². The first-order valence-electron chi connectivity index (χ1n) is 17.2. The van der Waals surface area contributed by atoms with Crippen molar-refractivity contribution in [1.82, 2.24) is 19.9 Å². The molecule has 0 saturated carbocycles. The number of fused-ring (bicyclic) bond motifs is 8. The Balaban J connectivity index is 1.22. The second-order valence-corrected chi connectivity index (χ2v) is 13.0. The summed E-state index contributed by atoms with van der Waals surface area (Å²) >= 11 is 0. The quantitative estimate of drug-likeness (QED) is 0.186. The number of hydrogen-bond donors (Lipinski definition) is 0. The fourth-order valence-corrected chi connectivity index (χ4v) is 7.47. The first-order chi connectivity index (χ1) is 25.7. The summed E-state index contributed by atoms with van der Waals surface area (Å²) in [5, 5.41) is 8.37. The van der Waals surface area contributed by atoms with Gasteiger partial charge in [0.2, 0.25) is 0 Å². The van der Waals surface area contributed by atoms with Gasteiger partial charge < -0.3 is 8.83 Å². The summed E-state index contributed by atoms with van der Waals surface area (Å²) in [5.74, 6) is 1.62. The zero-order valence-corrected chi connectivity index (χ0v) is 27.6. The van der Waals surface area contributed by atoms with Crippen LogP contribution in [0.4, 0.5) is 0 Å². The highest BCUT2D eigenvalue weighted by Gasteiger charge is 2.23. The lowest BCUT2D eigenvalue weighted by Gasteiger charge is -2.11. The van der Waals surface area contributed by atoms with E-state index >= 15 is 0 Å². The van der Waals surface area contributed by atoms with E-state index in [4.69, 9.17) is 28.8 Å². The van der Waals surface area contributed by atoms with E-state index < -0.39 is 0 Å². The van der Waals surface area contributed by atoms with Gasteiger partial charge in [0.25, 0.3) is 0 Å². The van der Waals surface area contributed by atoms with Crippen molar-refractivity contribution in [2.75, 3.05) is 0 Å². The maximum Gasteiger partial charge on any atom is 0.166 e. The molecule has 0 fully saturated rings. The second-order valence-electron chi connectivity index (χ2n) is 13.0. The van der Waals surface area contributed by atoms with Crippen LogP contribution in [-0.4, -0.2) is 19.9 Å². The second kappa shape index (κ2) is 11.2. The van der Waals surface area contributed by atoms with E-state index in [1.165, 1.54) is 5.39 Å². The molecule has 0 aliphatic rings. The molecule has 4 heterocycles. The molecule has 0 radical (unpaired) electrons. The number of para-hydroxylation sites is 1. The summed E-state index contributed by atoms with van der Waals surface area (Å²) in [4.78, 5) is 20.6. The first kappa shape index (κ1) is 28.6. The highest BCUT2D eigenvalue weighted by Crippen LogP contribution is 2.43. The van der Waals surface area contributed by atoms with Crippen LogP contribution in [0.3, 0.4) is 0 Å². The van der Waals surface area contributed by atoms with E-state index in [-0.39, 0.29) is 0 Å². The van der Waals surface area contributed by atoms with Crippen LogP contribution in [0, 0.1) is 0 Å². The summed E-state index contributed by atoms with van der Waals surface area (Å²) in [5.41, 5.74) is 7.30. The first-order valence-corrected chi connectivity index (χ1v) is 17.2. The van der Waals surface area contributed by atoms with E-state index in [2.05, 4.69) is 78.9 Å². The van der Waals surface area contributed by atoms with Crippen molar-refractivity contribution in [2.45, 2.75) is 0 Å².